The largest absolute Gasteiger partial charge is 0.455 e. The van der Waals surface area contributed by atoms with Crippen molar-refractivity contribution in [2.45, 2.75) is 6.92 Å². The van der Waals surface area contributed by atoms with E-state index in [-0.39, 0.29) is 0 Å². The highest BCUT2D eigenvalue weighted by Crippen LogP contribution is 2.52. The highest BCUT2D eigenvalue weighted by molar-refractivity contribution is 7.27. The van der Waals surface area contributed by atoms with E-state index in [2.05, 4.69) is 143 Å². The van der Waals surface area contributed by atoms with Crippen LogP contribution in [0.2, 0.25) is 0 Å². The Balaban J connectivity index is 1.18. The maximum Gasteiger partial charge on any atom is 0.168 e. The van der Waals surface area contributed by atoms with Crippen LogP contribution in [-0.2, 0) is 0 Å². The van der Waals surface area contributed by atoms with Crippen LogP contribution in [-0.4, -0.2) is 24.1 Å². The molecule has 0 saturated heterocycles. The van der Waals surface area contributed by atoms with E-state index in [4.69, 9.17) is 19.4 Å². The first-order chi connectivity index (χ1) is 32.2. The van der Waals surface area contributed by atoms with Crippen molar-refractivity contribution >= 4 is 97.1 Å². The van der Waals surface area contributed by atoms with Gasteiger partial charge in [-0.1, -0.05) is 152 Å². The normalized spacial score (nSPS) is 12.1. The van der Waals surface area contributed by atoms with Gasteiger partial charge in [0, 0.05) is 63.9 Å². The number of hydrogen-bond donors (Lipinski definition) is 0. The predicted octanol–water partition coefficient (Wildman–Crippen LogP) is 15.6. The molecule has 65 heavy (non-hydrogen) atoms. The maximum atomic E-state index is 7.09. The van der Waals surface area contributed by atoms with Gasteiger partial charge in [-0.15, -0.1) is 11.3 Å². The first-order valence-corrected chi connectivity index (χ1v) is 22.7. The third kappa shape index (κ3) is 5.18. The molecule has 0 fully saturated rings. The molecule has 0 unspecified atom stereocenters. The number of para-hydroxylation sites is 4. The molecule has 7 heteroatoms. The molecule has 0 radical (unpaired) electrons. The lowest BCUT2D eigenvalue weighted by atomic mass is 10.00. The Morgan fingerprint density at radius 2 is 0.954 bits per heavy atom. The molecule has 0 amide bonds. The second-order valence-corrected chi connectivity index (χ2v) is 17.8. The van der Waals surface area contributed by atoms with Crippen molar-refractivity contribution in [2.24, 2.45) is 0 Å². The molecule has 14 rings (SSSR count). The lowest BCUT2D eigenvalue weighted by molar-refractivity contribution is 0.669. The molecule has 0 saturated carbocycles. The van der Waals surface area contributed by atoms with Crippen LogP contribution in [0.1, 0.15) is 5.56 Å². The Morgan fingerprint density at radius 3 is 1.65 bits per heavy atom. The fraction of sp³-hybridized carbons (Fsp3) is 0.0172. The summed E-state index contributed by atoms with van der Waals surface area (Å²) in [7, 11) is 0. The summed E-state index contributed by atoms with van der Waals surface area (Å²) in [6.07, 6.45) is 0. The molecule has 0 spiro atoms. The first kappa shape index (κ1) is 36.1. The van der Waals surface area contributed by atoms with Crippen molar-refractivity contribution in [1.29, 1.82) is 0 Å². The van der Waals surface area contributed by atoms with Gasteiger partial charge in [0.2, 0.25) is 0 Å². The predicted molar refractivity (Wildman–Crippen MR) is 270 cm³/mol. The van der Waals surface area contributed by atoms with E-state index in [1.807, 2.05) is 78.1 Å². The summed E-state index contributed by atoms with van der Waals surface area (Å²) in [4.78, 5) is 15.5. The number of furan rings is 1. The van der Waals surface area contributed by atoms with Crippen molar-refractivity contribution in [3.63, 3.8) is 0 Å². The number of nitrogens with zero attached hydrogens (tertiary/aromatic N) is 5. The molecule has 0 bridgehead atoms. The second-order valence-electron chi connectivity index (χ2n) is 16.7. The first-order valence-electron chi connectivity index (χ1n) is 21.9. The summed E-state index contributed by atoms with van der Waals surface area (Å²) in [6.45, 7) is 2.16. The smallest absolute Gasteiger partial charge is 0.168 e. The number of aromatic nitrogens is 5. The molecular weight excluding hydrogens is 815 g/mol. The molecule has 0 aliphatic heterocycles. The van der Waals surface area contributed by atoms with E-state index in [1.54, 1.807) is 0 Å². The van der Waals surface area contributed by atoms with Crippen LogP contribution in [0.4, 0.5) is 0 Å². The van der Waals surface area contributed by atoms with Crippen LogP contribution < -0.4 is 0 Å². The molecule has 5 aromatic heterocycles. The molecule has 0 aliphatic rings. The van der Waals surface area contributed by atoms with Gasteiger partial charge in [-0.2, -0.15) is 0 Å². The molecule has 9 aromatic carbocycles. The monoisotopic (exact) mass is 849 g/mol. The Kier molecular flexibility index (Phi) is 7.67. The summed E-state index contributed by atoms with van der Waals surface area (Å²) in [5.41, 5.74) is 12.0. The van der Waals surface area contributed by atoms with Gasteiger partial charge < -0.3 is 13.6 Å². The van der Waals surface area contributed by atoms with Crippen molar-refractivity contribution < 1.29 is 4.42 Å². The van der Waals surface area contributed by atoms with E-state index < -0.39 is 0 Å². The van der Waals surface area contributed by atoms with E-state index >= 15 is 0 Å². The van der Waals surface area contributed by atoms with Gasteiger partial charge in [0.15, 0.2) is 17.5 Å². The fourth-order valence-electron chi connectivity index (χ4n) is 10.4. The van der Waals surface area contributed by atoms with Crippen molar-refractivity contribution in [3.05, 3.63) is 200 Å². The molecule has 5 heterocycles. The molecule has 14 aromatic rings. The Morgan fingerprint density at radius 1 is 0.446 bits per heavy atom. The summed E-state index contributed by atoms with van der Waals surface area (Å²) in [5, 5.41) is 9.44. The van der Waals surface area contributed by atoms with Crippen LogP contribution in [0.3, 0.4) is 0 Å². The summed E-state index contributed by atoms with van der Waals surface area (Å²) in [5.74, 6) is 1.77. The lowest BCUT2D eigenvalue weighted by Gasteiger charge is -2.16. The van der Waals surface area contributed by atoms with E-state index in [1.165, 1.54) is 58.3 Å². The van der Waals surface area contributed by atoms with Gasteiger partial charge in [0.05, 0.1) is 38.7 Å². The molecule has 0 aliphatic carbocycles. The highest BCUT2D eigenvalue weighted by atomic mass is 32.1. The zero-order valence-electron chi connectivity index (χ0n) is 35.0. The van der Waals surface area contributed by atoms with E-state index in [0.717, 1.165) is 61.1 Å². The zero-order valence-corrected chi connectivity index (χ0v) is 35.8. The fourth-order valence-corrected chi connectivity index (χ4v) is 11.6. The molecule has 304 valence electrons. The van der Waals surface area contributed by atoms with Crippen LogP contribution >= 0.6 is 11.3 Å². The third-order valence-electron chi connectivity index (χ3n) is 13.1. The summed E-state index contributed by atoms with van der Waals surface area (Å²) < 4.78 is 14.6. The minimum atomic E-state index is 0.563. The van der Waals surface area contributed by atoms with Crippen molar-refractivity contribution in [3.8, 4) is 45.5 Å². The average molecular weight is 850 g/mol. The standard InChI is InChI=1S/C58H35N5OS/c1-34-33-44(48-40-27-13-17-31-45(40)64-54(48)47(34)58-60-56(35-19-5-2-6-20-35)59-57(61-58)36-21-7-3-8-22-36)63-43-30-16-11-25-38(43)49-52-50(55-51(53(49)63)41-28-14-18-32-46(41)65-55)39-26-12-15-29-42(39)62(52)37-23-9-4-10-24-37/h2-33H,1H3. The zero-order chi connectivity index (χ0) is 42.8. The van der Waals surface area contributed by atoms with Crippen LogP contribution in [0.15, 0.2) is 199 Å². The Labute approximate surface area is 375 Å². The van der Waals surface area contributed by atoms with Gasteiger partial charge in [-0.05, 0) is 55.0 Å². The second kappa shape index (κ2) is 13.8. The summed E-state index contributed by atoms with van der Waals surface area (Å²) >= 11 is 1.89. The van der Waals surface area contributed by atoms with Gasteiger partial charge >= 0.3 is 0 Å². The number of aryl methyl sites for hydroxylation is 1. The van der Waals surface area contributed by atoms with Gasteiger partial charge in [0.1, 0.15) is 11.2 Å². The third-order valence-corrected chi connectivity index (χ3v) is 14.2. The number of rotatable bonds is 5. The minimum Gasteiger partial charge on any atom is -0.455 e. The molecule has 0 N–H and O–H groups in total. The van der Waals surface area contributed by atoms with Crippen molar-refractivity contribution in [2.75, 3.05) is 0 Å². The van der Waals surface area contributed by atoms with E-state index in [9.17, 15) is 0 Å². The topological polar surface area (TPSA) is 61.7 Å². The minimum absolute atomic E-state index is 0.563. The number of thiophene rings is 1. The molecular formula is C58H35N5OS. The van der Waals surface area contributed by atoms with Crippen LogP contribution in [0, 0.1) is 6.92 Å². The lowest BCUT2D eigenvalue weighted by Crippen LogP contribution is -2.03. The highest BCUT2D eigenvalue weighted by Gasteiger charge is 2.29. The van der Waals surface area contributed by atoms with Gasteiger partial charge in [0.25, 0.3) is 0 Å². The van der Waals surface area contributed by atoms with Gasteiger partial charge in [-0.25, -0.2) is 15.0 Å². The molecule has 0 atom stereocenters. The number of benzene rings is 9. The summed E-state index contributed by atoms with van der Waals surface area (Å²) in [6, 6.07) is 68.5. The quantitative estimate of drug-likeness (QED) is 0.173. The number of hydrogen-bond acceptors (Lipinski definition) is 5. The van der Waals surface area contributed by atoms with Crippen molar-refractivity contribution in [1.82, 2.24) is 24.1 Å². The van der Waals surface area contributed by atoms with Crippen LogP contribution in [0.5, 0.6) is 0 Å². The average Bonchev–Trinajstić information content (AvgIpc) is 4.12. The van der Waals surface area contributed by atoms with Gasteiger partial charge in [-0.3, -0.25) is 0 Å². The van der Waals surface area contributed by atoms with E-state index in [0.29, 0.717) is 17.5 Å². The Hall–Kier alpha value is -8.39. The van der Waals surface area contributed by atoms with Crippen LogP contribution in [0.25, 0.3) is 131 Å². The SMILES string of the molecule is Cc1cc(-n2c3ccccc3c3c4c(c5ccccc5n4-c4ccccc4)c4sc5ccccc5c4c32)c2c(oc3ccccc32)c1-c1nc(-c2ccccc2)nc(-c2ccccc2)n1. The Bertz CT molecular complexity index is 4180. The number of fused-ring (bicyclic) bond motifs is 15. The maximum absolute atomic E-state index is 7.09. The molecule has 6 nitrogen and oxygen atoms in total.